The zero-order valence-electron chi connectivity index (χ0n) is 8.90. The van der Waals surface area contributed by atoms with Crippen LogP contribution in [0.2, 0.25) is 0 Å². The lowest BCUT2D eigenvalue weighted by Crippen LogP contribution is -2.29. The highest BCUT2D eigenvalue weighted by atomic mass is 15.1. The second kappa shape index (κ2) is 5.07. The second-order valence-electron chi connectivity index (χ2n) is 3.47. The molecule has 0 aliphatic carbocycles. The lowest BCUT2D eigenvalue weighted by molar-refractivity contribution is 0.261. The van der Waals surface area contributed by atoms with Gasteiger partial charge in [0.1, 0.15) is 0 Å². The summed E-state index contributed by atoms with van der Waals surface area (Å²) in [5, 5.41) is 0. The van der Waals surface area contributed by atoms with Crippen LogP contribution < -0.4 is 0 Å². The minimum Gasteiger partial charge on any atom is -0.350 e. The summed E-state index contributed by atoms with van der Waals surface area (Å²) in [6, 6.07) is 4.74. The Kier molecular flexibility index (Phi) is 4.03. The van der Waals surface area contributed by atoms with Gasteiger partial charge >= 0.3 is 0 Å². The van der Waals surface area contributed by atoms with E-state index in [2.05, 4.69) is 54.8 Å². The first-order valence-corrected chi connectivity index (χ1v) is 5.12. The Morgan fingerprint density at radius 1 is 1.15 bits per heavy atom. The minimum absolute atomic E-state index is 0.579. The molecular weight excluding hydrogens is 160 g/mol. The SMILES string of the molecule is CCN(CC)CC(C)n1cccc1. The van der Waals surface area contributed by atoms with Crippen molar-refractivity contribution in [2.45, 2.75) is 26.8 Å². The lowest BCUT2D eigenvalue weighted by atomic mass is 10.3. The van der Waals surface area contributed by atoms with Crippen molar-refractivity contribution in [2.24, 2.45) is 0 Å². The van der Waals surface area contributed by atoms with Crippen molar-refractivity contribution in [3.63, 3.8) is 0 Å². The van der Waals surface area contributed by atoms with Gasteiger partial charge in [-0.25, -0.2) is 0 Å². The van der Waals surface area contributed by atoms with Crippen LogP contribution in [0, 0.1) is 0 Å². The van der Waals surface area contributed by atoms with Gasteiger partial charge in [0.15, 0.2) is 0 Å². The van der Waals surface area contributed by atoms with Gasteiger partial charge in [-0.3, -0.25) is 0 Å². The molecule has 0 spiro atoms. The Morgan fingerprint density at radius 2 is 1.69 bits per heavy atom. The van der Waals surface area contributed by atoms with Gasteiger partial charge in [0.2, 0.25) is 0 Å². The molecule has 13 heavy (non-hydrogen) atoms. The highest BCUT2D eigenvalue weighted by Gasteiger charge is 2.06. The fourth-order valence-electron chi connectivity index (χ4n) is 1.59. The van der Waals surface area contributed by atoms with Gasteiger partial charge in [0.05, 0.1) is 0 Å². The summed E-state index contributed by atoms with van der Waals surface area (Å²) in [6.07, 6.45) is 4.27. The maximum atomic E-state index is 2.45. The molecule has 0 saturated heterocycles. The Bertz CT molecular complexity index is 212. The largest absolute Gasteiger partial charge is 0.350 e. The third-order valence-corrected chi connectivity index (χ3v) is 2.55. The molecule has 1 heterocycles. The van der Waals surface area contributed by atoms with Crippen LogP contribution in [0.25, 0.3) is 0 Å². The van der Waals surface area contributed by atoms with Crippen LogP contribution in [0.4, 0.5) is 0 Å². The quantitative estimate of drug-likeness (QED) is 0.675. The fourth-order valence-corrected chi connectivity index (χ4v) is 1.59. The van der Waals surface area contributed by atoms with E-state index in [9.17, 15) is 0 Å². The highest BCUT2D eigenvalue weighted by molar-refractivity contribution is 4.92. The summed E-state index contributed by atoms with van der Waals surface area (Å²) in [5.74, 6) is 0. The van der Waals surface area contributed by atoms with E-state index in [1.54, 1.807) is 0 Å². The molecule has 74 valence electrons. The number of aromatic nitrogens is 1. The van der Waals surface area contributed by atoms with Crippen molar-refractivity contribution in [3.05, 3.63) is 24.5 Å². The minimum atomic E-state index is 0.579. The van der Waals surface area contributed by atoms with Gasteiger partial charge in [-0.05, 0) is 32.1 Å². The molecule has 1 aromatic heterocycles. The standard InChI is InChI=1S/C11H20N2/c1-4-12(5-2)10-11(3)13-8-6-7-9-13/h6-9,11H,4-5,10H2,1-3H3. The molecule has 0 fully saturated rings. The zero-order valence-corrected chi connectivity index (χ0v) is 8.90. The molecule has 0 N–H and O–H groups in total. The van der Waals surface area contributed by atoms with Crippen LogP contribution in [-0.4, -0.2) is 29.1 Å². The molecule has 0 bridgehead atoms. The summed E-state index contributed by atoms with van der Waals surface area (Å²) < 4.78 is 2.26. The Hall–Kier alpha value is -0.760. The number of nitrogens with zero attached hydrogens (tertiary/aromatic N) is 2. The van der Waals surface area contributed by atoms with E-state index in [0.717, 1.165) is 19.6 Å². The van der Waals surface area contributed by atoms with Crippen molar-refractivity contribution in [1.82, 2.24) is 9.47 Å². The van der Waals surface area contributed by atoms with Gasteiger partial charge < -0.3 is 9.47 Å². The van der Waals surface area contributed by atoms with E-state index in [1.165, 1.54) is 0 Å². The molecule has 2 nitrogen and oxygen atoms in total. The van der Waals surface area contributed by atoms with E-state index in [4.69, 9.17) is 0 Å². The van der Waals surface area contributed by atoms with Crippen LogP contribution in [0.15, 0.2) is 24.5 Å². The smallest absolute Gasteiger partial charge is 0.0429 e. The number of rotatable bonds is 5. The van der Waals surface area contributed by atoms with Crippen LogP contribution in [-0.2, 0) is 0 Å². The number of hydrogen-bond acceptors (Lipinski definition) is 1. The Morgan fingerprint density at radius 3 is 2.15 bits per heavy atom. The van der Waals surface area contributed by atoms with Crippen LogP contribution in [0.5, 0.6) is 0 Å². The van der Waals surface area contributed by atoms with Gasteiger partial charge in [0, 0.05) is 25.0 Å². The van der Waals surface area contributed by atoms with E-state index >= 15 is 0 Å². The monoisotopic (exact) mass is 180 g/mol. The Balaban J connectivity index is 2.45. The first-order chi connectivity index (χ1) is 6.27. The first kappa shape index (κ1) is 10.3. The molecule has 0 radical (unpaired) electrons. The van der Waals surface area contributed by atoms with Crippen molar-refractivity contribution >= 4 is 0 Å². The highest BCUT2D eigenvalue weighted by Crippen LogP contribution is 2.07. The molecule has 0 aliphatic rings. The summed E-state index contributed by atoms with van der Waals surface area (Å²) in [4.78, 5) is 2.45. The van der Waals surface area contributed by atoms with Gasteiger partial charge in [0.25, 0.3) is 0 Å². The molecule has 1 atom stereocenters. The van der Waals surface area contributed by atoms with Crippen molar-refractivity contribution in [3.8, 4) is 0 Å². The maximum absolute atomic E-state index is 2.45. The number of likely N-dealkylation sites (N-methyl/N-ethyl adjacent to an activating group) is 1. The average molecular weight is 180 g/mol. The summed E-state index contributed by atoms with van der Waals surface area (Å²) >= 11 is 0. The van der Waals surface area contributed by atoms with E-state index in [-0.39, 0.29) is 0 Å². The van der Waals surface area contributed by atoms with Crippen molar-refractivity contribution in [1.29, 1.82) is 0 Å². The van der Waals surface area contributed by atoms with Gasteiger partial charge in [-0.15, -0.1) is 0 Å². The van der Waals surface area contributed by atoms with Crippen molar-refractivity contribution < 1.29 is 0 Å². The third-order valence-electron chi connectivity index (χ3n) is 2.55. The summed E-state index contributed by atoms with van der Waals surface area (Å²) in [6.45, 7) is 10.1. The molecule has 1 rings (SSSR count). The molecular formula is C11H20N2. The number of hydrogen-bond donors (Lipinski definition) is 0. The molecule has 0 amide bonds. The topological polar surface area (TPSA) is 8.17 Å². The van der Waals surface area contributed by atoms with Crippen molar-refractivity contribution in [2.75, 3.05) is 19.6 Å². The van der Waals surface area contributed by atoms with Crippen LogP contribution in [0.3, 0.4) is 0 Å². The van der Waals surface area contributed by atoms with E-state index in [1.807, 2.05) is 0 Å². The lowest BCUT2D eigenvalue weighted by Gasteiger charge is -2.23. The first-order valence-electron chi connectivity index (χ1n) is 5.12. The molecule has 1 unspecified atom stereocenters. The van der Waals surface area contributed by atoms with Crippen LogP contribution in [0.1, 0.15) is 26.8 Å². The average Bonchev–Trinajstić information content (AvgIpc) is 2.66. The predicted octanol–water partition coefficient (Wildman–Crippen LogP) is 2.39. The third kappa shape index (κ3) is 2.88. The molecule has 1 aromatic rings. The van der Waals surface area contributed by atoms with Gasteiger partial charge in [-0.2, -0.15) is 0 Å². The van der Waals surface area contributed by atoms with Crippen LogP contribution >= 0.6 is 0 Å². The van der Waals surface area contributed by atoms with Gasteiger partial charge in [-0.1, -0.05) is 13.8 Å². The molecule has 0 aromatic carbocycles. The normalized spacial score (nSPS) is 13.5. The molecule has 0 saturated carbocycles. The fraction of sp³-hybridized carbons (Fsp3) is 0.636. The molecule has 0 aliphatic heterocycles. The van der Waals surface area contributed by atoms with E-state index in [0.29, 0.717) is 6.04 Å². The zero-order chi connectivity index (χ0) is 9.68. The summed E-state index contributed by atoms with van der Waals surface area (Å²) in [7, 11) is 0. The van der Waals surface area contributed by atoms with E-state index < -0.39 is 0 Å². The maximum Gasteiger partial charge on any atom is 0.0429 e. The predicted molar refractivity (Wildman–Crippen MR) is 56.9 cm³/mol. The second-order valence-corrected chi connectivity index (χ2v) is 3.47. The Labute approximate surface area is 81.2 Å². The summed E-state index contributed by atoms with van der Waals surface area (Å²) in [5.41, 5.74) is 0. The molecule has 2 heteroatoms.